The van der Waals surface area contributed by atoms with Crippen molar-refractivity contribution in [2.75, 3.05) is 14.2 Å². The number of hydrogen-bond donors (Lipinski definition) is 0. The van der Waals surface area contributed by atoms with Gasteiger partial charge in [-0.2, -0.15) is 0 Å². The van der Waals surface area contributed by atoms with Gasteiger partial charge in [-0.25, -0.2) is 0 Å². The molecule has 0 radical (unpaired) electrons. The third kappa shape index (κ3) is 4.77. The summed E-state index contributed by atoms with van der Waals surface area (Å²) >= 11 is 0. The van der Waals surface area contributed by atoms with Crippen LogP contribution in [0.4, 0.5) is 0 Å². The second-order valence-electron chi connectivity index (χ2n) is 4.46. The summed E-state index contributed by atoms with van der Waals surface area (Å²) < 4.78 is 22.4. The summed E-state index contributed by atoms with van der Waals surface area (Å²) in [4.78, 5) is 0. The molecule has 0 amide bonds. The molecule has 0 fully saturated rings. The topological polar surface area (TPSA) is 36.9 Å². The van der Waals surface area contributed by atoms with E-state index in [2.05, 4.69) is 0 Å². The zero-order valence-corrected chi connectivity index (χ0v) is 13.3. The average Bonchev–Trinajstić information content (AvgIpc) is 2.58. The molecule has 21 heavy (non-hydrogen) atoms. The van der Waals surface area contributed by atoms with Gasteiger partial charge < -0.3 is 17.7 Å². The SMILES string of the molecule is CO[Si](OC)(OCc1ccccc1)OCc1ccccc1. The lowest BCUT2D eigenvalue weighted by Gasteiger charge is -2.25. The van der Waals surface area contributed by atoms with Gasteiger partial charge in [-0.05, 0) is 11.1 Å². The van der Waals surface area contributed by atoms with Crippen molar-refractivity contribution in [3.05, 3.63) is 71.8 Å². The highest BCUT2D eigenvalue weighted by Crippen LogP contribution is 2.15. The maximum Gasteiger partial charge on any atom is 0.679 e. The second-order valence-corrected chi connectivity index (χ2v) is 6.85. The fourth-order valence-corrected chi connectivity index (χ4v) is 3.26. The zero-order valence-electron chi connectivity index (χ0n) is 12.3. The van der Waals surface area contributed by atoms with Gasteiger partial charge in [-0.3, -0.25) is 0 Å². The minimum Gasteiger partial charge on any atom is -0.355 e. The Kier molecular flexibility index (Phi) is 6.10. The molecule has 2 aromatic carbocycles. The third-order valence-electron chi connectivity index (χ3n) is 3.02. The fourth-order valence-electron chi connectivity index (χ4n) is 1.85. The van der Waals surface area contributed by atoms with Gasteiger partial charge in [0.25, 0.3) is 0 Å². The standard InChI is InChI=1S/C16H20O4Si/c1-17-21(18-2,19-13-15-9-5-3-6-10-15)20-14-16-11-7-4-8-12-16/h3-12H,13-14H2,1-2H3. The molecule has 2 aromatic rings. The predicted octanol–water partition coefficient (Wildman–Crippen LogP) is 3.15. The Hall–Kier alpha value is -1.50. The van der Waals surface area contributed by atoms with Gasteiger partial charge in [0.15, 0.2) is 0 Å². The highest BCUT2D eigenvalue weighted by molar-refractivity contribution is 6.53. The van der Waals surface area contributed by atoms with Crippen molar-refractivity contribution in [2.24, 2.45) is 0 Å². The second kappa shape index (κ2) is 8.07. The molecular weight excluding hydrogens is 284 g/mol. The molecule has 0 aromatic heterocycles. The summed E-state index contributed by atoms with van der Waals surface area (Å²) in [5.41, 5.74) is 2.10. The molecule has 0 aliphatic carbocycles. The Morgan fingerprint density at radius 3 is 1.38 bits per heavy atom. The summed E-state index contributed by atoms with van der Waals surface area (Å²) in [6.45, 7) is 0.785. The normalized spacial score (nSPS) is 11.5. The van der Waals surface area contributed by atoms with Crippen LogP contribution in [-0.4, -0.2) is 23.3 Å². The van der Waals surface area contributed by atoms with Crippen molar-refractivity contribution in [3.63, 3.8) is 0 Å². The Labute approximate surface area is 126 Å². The van der Waals surface area contributed by atoms with Crippen LogP contribution in [0.15, 0.2) is 60.7 Å². The molecular formula is C16H20O4Si. The molecule has 0 atom stereocenters. The van der Waals surface area contributed by atoms with Crippen molar-refractivity contribution in [1.29, 1.82) is 0 Å². The zero-order chi connectivity index (χ0) is 15.0. The molecule has 4 nitrogen and oxygen atoms in total. The van der Waals surface area contributed by atoms with Crippen LogP contribution in [0.2, 0.25) is 0 Å². The molecule has 0 aliphatic heterocycles. The van der Waals surface area contributed by atoms with E-state index in [4.69, 9.17) is 17.7 Å². The van der Waals surface area contributed by atoms with Crippen LogP contribution in [0.3, 0.4) is 0 Å². The van der Waals surface area contributed by atoms with Crippen molar-refractivity contribution in [2.45, 2.75) is 13.2 Å². The van der Waals surface area contributed by atoms with Gasteiger partial charge >= 0.3 is 9.05 Å². The maximum absolute atomic E-state index is 5.81. The maximum atomic E-state index is 5.81. The van der Waals surface area contributed by atoms with E-state index >= 15 is 0 Å². The highest BCUT2D eigenvalue weighted by atomic mass is 28.4. The van der Waals surface area contributed by atoms with Crippen LogP contribution in [0.25, 0.3) is 0 Å². The lowest BCUT2D eigenvalue weighted by Crippen LogP contribution is -2.47. The first-order valence-corrected chi connectivity index (χ1v) is 8.37. The van der Waals surface area contributed by atoms with Gasteiger partial charge in [0, 0.05) is 14.2 Å². The number of benzene rings is 2. The van der Waals surface area contributed by atoms with Crippen LogP contribution in [-0.2, 0) is 30.9 Å². The molecule has 2 rings (SSSR count). The lowest BCUT2D eigenvalue weighted by atomic mass is 10.2. The quantitative estimate of drug-likeness (QED) is 0.702. The van der Waals surface area contributed by atoms with E-state index in [0.29, 0.717) is 13.2 Å². The molecule has 0 spiro atoms. The predicted molar refractivity (Wildman–Crippen MR) is 82.2 cm³/mol. The van der Waals surface area contributed by atoms with E-state index in [1.54, 1.807) is 14.2 Å². The van der Waals surface area contributed by atoms with Crippen molar-refractivity contribution in [1.82, 2.24) is 0 Å². The van der Waals surface area contributed by atoms with Crippen LogP contribution in [0, 0.1) is 0 Å². The van der Waals surface area contributed by atoms with Crippen LogP contribution >= 0.6 is 0 Å². The van der Waals surface area contributed by atoms with Gasteiger partial charge in [0.2, 0.25) is 0 Å². The van der Waals surface area contributed by atoms with Crippen molar-refractivity contribution in [3.8, 4) is 0 Å². The third-order valence-corrected chi connectivity index (χ3v) is 5.01. The Bertz CT molecular complexity index is 469. The number of rotatable bonds is 8. The molecule has 112 valence electrons. The van der Waals surface area contributed by atoms with Gasteiger partial charge in [-0.15, -0.1) is 0 Å². The van der Waals surface area contributed by atoms with Crippen LogP contribution in [0.1, 0.15) is 11.1 Å². The number of hydrogen-bond acceptors (Lipinski definition) is 4. The van der Waals surface area contributed by atoms with E-state index in [1.165, 1.54) is 0 Å². The average molecular weight is 304 g/mol. The molecule has 0 N–H and O–H groups in total. The van der Waals surface area contributed by atoms with Gasteiger partial charge in [-0.1, -0.05) is 60.7 Å². The molecule has 0 unspecified atom stereocenters. The molecule has 0 saturated carbocycles. The molecule has 0 saturated heterocycles. The van der Waals surface area contributed by atoms with E-state index < -0.39 is 9.05 Å². The monoisotopic (exact) mass is 304 g/mol. The first kappa shape index (κ1) is 15.9. The Morgan fingerprint density at radius 2 is 1.05 bits per heavy atom. The van der Waals surface area contributed by atoms with Crippen molar-refractivity contribution < 1.29 is 17.7 Å². The lowest BCUT2D eigenvalue weighted by molar-refractivity contribution is -0.0187. The fraction of sp³-hybridized carbons (Fsp3) is 0.250. The highest BCUT2D eigenvalue weighted by Gasteiger charge is 2.43. The molecule has 5 heteroatoms. The minimum atomic E-state index is -3.11. The summed E-state index contributed by atoms with van der Waals surface area (Å²) in [6, 6.07) is 19.7. The van der Waals surface area contributed by atoms with Crippen LogP contribution < -0.4 is 0 Å². The summed E-state index contributed by atoms with van der Waals surface area (Å²) in [6.07, 6.45) is 0. The van der Waals surface area contributed by atoms with Crippen molar-refractivity contribution >= 4 is 9.05 Å². The van der Waals surface area contributed by atoms with E-state index in [1.807, 2.05) is 60.7 Å². The first-order valence-electron chi connectivity index (χ1n) is 6.74. The Morgan fingerprint density at radius 1 is 0.667 bits per heavy atom. The molecule has 0 heterocycles. The van der Waals surface area contributed by atoms with Gasteiger partial charge in [0.1, 0.15) is 0 Å². The largest absolute Gasteiger partial charge is 0.679 e. The smallest absolute Gasteiger partial charge is 0.355 e. The summed E-state index contributed by atoms with van der Waals surface area (Å²) in [5, 5.41) is 0. The Balaban J connectivity index is 1.95. The van der Waals surface area contributed by atoms with E-state index in [-0.39, 0.29) is 0 Å². The van der Waals surface area contributed by atoms with Crippen LogP contribution in [0.5, 0.6) is 0 Å². The minimum absolute atomic E-state index is 0.392. The summed E-state index contributed by atoms with van der Waals surface area (Å²) in [7, 11) is -0.0144. The summed E-state index contributed by atoms with van der Waals surface area (Å²) in [5.74, 6) is 0. The van der Waals surface area contributed by atoms with E-state index in [9.17, 15) is 0 Å². The molecule has 0 bridgehead atoms. The first-order chi connectivity index (χ1) is 10.3. The van der Waals surface area contributed by atoms with Gasteiger partial charge in [0.05, 0.1) is 13.2 Å². The molecule has 0 aliphatic rings. The van der Waals surface area contributed by atoms with E-state index in [0.717, 1.165) is 11.1 Å².